The topological polar surface area (TPSA) is 38.7 Å². The molecule has 1 aliphatic heterocycles. The summed E-state index contributed by atoms with van der Waals surface area (Å²) in [4.78, 5) is 13.8. The zero-order valence-corrected chi connectivity index (χ0v) is 2.84. The van der Waals surface area contributed by atoms with Gasteiger partial charge in [0.25, 0.3) is 0 Å². The number of hydrogen-bond acceptors (Lipinski definition) is 3. The summed E-state index contributed by atoms with van der Waals surface area (Å²) in [7, 11) is 0. The van der Waals surface area contributed by atoms with Gasteiger partial charge in [-0.3, -0.25) is 0 Å². The van der Waals surface area contributed by atoms with Gasteiger partial charge in [0, 0.05) is 0 Å². The standard InChI is InChI=1S/C3HNO2/c5-3-1-2-4-6-3/h2H. The third kappa shape index (κ3) is 0.381. The molecule has 0 spiro atoms. The van der Waals surface area contributed by atoms with E-state index in [0.717, 1.165) is 0 Å². The van der Waals surface area contributed by atoms with Crippen LogP contribution in [0.5, 0.6) is 0 Å². The molecule has 0 fully saturated rings. The van der Waals surface area contributed by atoms with Gasteiger partial charge in [0.05, 0.1) is 6.21 Å². The molecule has 0 bridgehead atoms. The molecule has 1 rings (SSSR count). The van der Waals surface area contributed by atoms with E-state index in [1.807, 2.05) is 0 Å². The summed E-state index contributed by atoms with van der Waals surface area (Å²) in [6, 6.07) is 0. The Morgan fingerprint density at radius 1 is 2.00 bits per heavy atom. The van der Waals surface area contributed by atoms with Crippen molar-refractivity contribution in [1.29, 1.82) is 0 Å². The number of carbonyl (C=O) groups excluding carboxylic acids is 1. The second-order valence-electron chi connectivity index (χ2n) is 0.758. The van der Waals surface area contributed by atoms with E-state index in [-0.39, 0.29) is 0 Å². The van der Waals surface area contributed by atoms with Crippen molar-refractivity contribution in [2.24, 2.45) is 5.16 Å². The van der Waals surface area contributed by atoms with Crippen molar-refractivity contribution >= 4 is 12.2 Å². The maximum absolute atomic E-state index is 9.78. The molecule has 3 nitrogen and oxygen atoms in total. The predicted molar refractivity (Wildman–Crippen MR) is 17.8 cm³/mol. The van der Waals surface area contributed by atoms with Crippen LogP contribution in [0.25, 0.3) is 0 Å². The van der Waals surface area contributed by atoms with E-state index >= 15 is 0 Å². The van der Waals surface area contributed by atoms with Crippen molar-refractivity contribution in [3.8, 4) is 0 Å². The summed E-state index contributed by atoms with van der Waals surface area (Å²) in [6.45, 7) is 0. The summed E-state index contributed by atoms with van der Waals surface area (Å²) >= 11 is 0. The highest BCUT2D eigenvalue weighted by Crippen LogP contribution is 1.88. The van der Waals surface area contributed by atoms with E-state index in [9.17, 15) is 4.79 Å². The Hall–Kier alpha value is -0.860. The van der Waals surface area contributed by atoms with Crippen molar-refractivity contribution in [3.05, 3.63) is 6.42 Å². The number of oxime groups is 1. The summed E-state index contributed by atoms with van der Waals surface area (Å²) in [5, 5.41) is 3.08. The van der Waals surface area contributed by atoms with Gasteiger partial charge >= 0.3 is 5.97 Å². The van der Waals surface area contributed by atoms with Crippen molar-refractivity contribution < 1.29 is 9.63 Å². The number of nitrogens with zero attached hydrogens (tertiary/aromatic N) is 1. The average molecular weight is 83.0 g/mol. The molecule has 3 heteroatoms. The molecule has 1 aliphatic rings. The maximum atomic E-state index is 9.78. The Kier molecular flexibility index (Phi) is 0.602. The minimum absolute atomic E-state index is 0.519. The van der Waals surface area contributed by atoms with E-state index in [0.29, 0.717) is 0 Å². The van der Waals surface area contributed by atoms with Crippen LogP contribution in [0.4, 0.5) is 0 Å². The van der Waals surface area contributed by atoms with E-state index in [2.05, 4.69) is 16.4 Å². The van der Waals surface area contributed by atoms with Crippen molar-refractivity contribution in [2.45, 2.75) is 0 Å². The van der Waals surface area contributed by atoms with Gasteiger partial charge in [-0.15, -0.1) is 0 Å². The molecule has 0 saturated carbocycles. The third-order valence-electron chi connectivity index (χ3n) is 0.371. The molecule has 0 saturated heterocycles. The maximum Gasteiger partial charge on any atom is 0.349 e. The Morgan fingerprint density at radius 2 is 2.83 bits per heavy atom. The molecule has 1 heterocycles. The minimum atomic E-state index is -0.519. The van der Waals surface area contributed by atoms with Crippen LogP contribution in [-0.2, 0) is 9.63 Å². The van der Waals surface area contributed by atoms with Gasteiger partial charge in [-0.25, -0.2) is 4.79 Å². The first-order valence-electron chi connectivity index (χ1n) is 1.39. The van der Waals surface area contributed by atoms with Gasteiger partial charge in [-0.2, -0.15) is 0 Å². The van der Waals surface area contributed by atoms with Gasteiger partial charge in [-0.05, 0) is 0 Å². The third-order valence-corrected chi connectivity index (χ3v) is 0.371. The highest BCUT2D eigenvalue weighted by Gasteiger charge is 2.05. The Labute approximate surface area is 34.6 Å². The molecular formula is C3HNO2. The van der Waals surface area contributed by atoms with Crippen molar-refractivity contribution in [2.75, 3.05) is 0 Å². The van der Waals surface area contributed by atoms with E-state index in [1.54, 1.807) is 0 Å². The van der Waals surface area contributed by atoms with E-state index < -0.39 is 5.97 Å². The average Bonchev–Trinajstić information content (AvgIpc) is 1.86. The fourth-order valence-corrected chi connectivity index (χ4v) is 0.180. The Morgan fingerprint density at radius 3 is 3.00 bits per heavy atom. The molecule has 0 aromatic rings. The Balaban J connectivity index is 2.52. The van der Waals surface area contributed by atoms with Crippen LogP contribution in [0.3, 0.4) is 0 Å². The molecule has 0 aliphatic carbocycles. The Bertz CT molecular complexity index is 87.0. The zero-order chi connectivity index (χ0) is 4.41. The van der Waals surface area contributed by atoms with Crippen LogP contribution in [-0.4, -0.2) is 12.2 Å². The van der Waals surface area contributed by atoms with Crippen molar-refractivity contribution in [3.63, 3.8) is 0 Å². The lowest BCUT2D eigenvalue weighted by atomic mass is 10.5. The van der Waals surface area contributed by atoms with Crippen LogP contribution >= 0.6 is 0 Å². The lowest BCUT2D eigenvalue weighted by Gasteiger charge is -1.74. The second-order valence-corrected chi connectivity index (χ2v) is 0.758. The highest BCUT2D eigenvalue weighted by atomic mass is 16.7. The summed E-state index contributed by atoms with van der Waals surface area (Å²) in [5.74, 6) is -0.519. The molecular weight excluding hydrogens is 82.0 g/mol. The summed E-state index contributed by atoms with van der Waals surface area (Å²) in [5.41, 5.74) is 0. The number of rotatable bonds is 0. The van der Waals surface area contributed by atoms with Gasteiger partial charge in [0.1, 0.15) is 0 Å². The zero-order valence-electron chi connectivity index (χ0n) is 2.84. The monoisotopic (exact) mass is 83.0 g/mol. The molecule has 0 aromatic heterocycles. The normalized spacial score (nSPS) is 18.3. The lowest BCUT2D eigenvalue weighted by molar-refractivity contribution is -0.137. The van der Waals surface area contributed by atoms with Gasteiger partial charge in [0.2, 0.25) is 0 Å². The predicted octanol–water partition coefficient (Wildman–Crippen LogP) is -0.390. The molecule has 0 unspecified atom stereocenters. The fourth-order valence-electron chi connectivity index (χ4n) is 0.180. The number of hydrogen-bond donors (Lipinski definition) is 0. The lowest BCUT2D eigenvalue weighted by Crippen LogP contribution is -1.89. The molecule has 6 heavy (non-hydrogen) atoms. The van der Waals surface area contributed by atoms with Crippen LogP contribution in [0.2, 0.25) is 0 Å². The summed E-state index contributed by atoms with van der Waals surface area (Å²) < 4.78 is 0. The molecule has 30 valence electrons. The van der Waals surface area contributed by atoms with Crippen LogP contribution in [0.1, 0.15) is 0 Å². The quantitative estimate of drug-likeness (QED) is 0.374. The van der Waals surface area contributed by atoms with Crippen LogP contribution < -0.4 is 0 Å². The molecule has 0 aromatic carbocycles. The first kappa shape index (κ1) is 3.33. The first-order valence-corrected chi connectivity index (χ1v) is 1.39. The van der Waals surface area contributed by atoms with Crippen LogP contribution in [0, 0.1) is 6.42 Å². The number of carbonyl (C=O) groups is 1. The van der Waals surface area contributed by atoms with Gasteiger partial charge < -0.3 is 4.84 Å². The highest BCUT2D eigenvalue weighted by molar-refractivity contribution is 6.01. The van der Waals surface area contributed by atoms with Crippen molar-refractivity contribution in [1.82, 2.24) is 0 Å². The fraction of sp³-hybridized carbons (Fsp3) is 0. The molecule has 2 radical (unpaired) electrons. The van der Waals surface area contributed by atoms with Gasteiger partial charge in [0.15, 0.2) is 6.42 Å². The smallest absolute Gasteiger partial charge is 0.317 e. The van der Waals surface area contributed by atoms with E-state index in [1.165, 1.54) is 6.21 Å². The second kappa shape index (κ2) is 1.08. The SMILES string of the molecule is O=C1[C]C=NO1. The minimum Gasteiger partial charge on any atom is -0.317 e. The van der Waals surface area contributed by atoms with Gasteiger partial charge in [-0.1, -0.05) is 5.16 Å². The van der Waals surface area contributed by atoms with E-state index in [4.69, 9.17) is 0 Å². The first-order chi connectivity index (χ1) is 2.89. The summed E-state index contributed by atoms with van der Waals surface area (Å²) in [6.07, 6.45) is 3.35. The largest absolute Gasteiger partial charge is 0.349 e. The van der Waals surface area contributed by atoms with Crippen LogP contribution in [0.15, 0.2) is 5.16 Å². The molecule has 0 amide bonds. The molecule has 0 N–H and O–H groups in total. The molecule has 0 atom stereocenters.